The predicted molar refractivity (Wildman–Crippen MR) is 115 cm³/mol. The molecule has 0 saturated heterocycles. The molecule has 0 spiro atoms. The van der Waals surface area contributed by atoms with Gasteiger partial charge in [-0.05, 0) is 30.7 Å². The van der Waals surface area contributed by atoms with Crippen molar-refractivity contribution in [1.82, 2.24) is 10.3 Å². The van der Waals surface area contributed by atoms with E-state index in [4.69, 9.17) is 4.74 Å². The quantitative estimate of drug-likeness (QED) is 0.448. The highest BCUT2D eigenvalue weighted by atomic mass is 32.1. The van der Waals surface area contributed by atoms with Crippen LogP contribution in [0.4, 0.5) is 10.8 Å². The minimum Gasteiger partial charge on any atom is -0.454 e. The van der Waals surface area contributed by atoms with Crippen LogP contribution in [0.15, 0.2) is 65.7 Å². The van der Waals surface area contributed by atoms with Gasteiger partial charge in [-0.2, -0.15) is 0 Å². The van der Waals surface area contributed by atoms with Crippen molar-refractivity contribution in [2.24, 2.45) is 0 Å². The number of carbonyl (C=O) groups excluding carboxylic acids is 2. The van der Waals surface area contributed by atoms with E-state index < -0.39 is 5.97 Å². The Morgan fingerprint density at radius 1 is 1.10 bits per heavy atom. The van der Waals surface area contributed by atoms with Crippen molar-refractivity contribution >= 4 is 40.1 Å². The number of aryl methyl sites for hydroxylation is 1. The van der Waals surface area contributed by atoms with Crippen molar-refractivity contribution in [3.05, 3.63) is 82.5 Å². The van der Waals surface area contributed by atoms with Crippen LogP contribution in [0, 0.1) is 6.92 Å². The maximum absolute atomic E-state index is 12.4. The summed E-state index contributed by atoms with van der Waals surface area (Å²) in [4.78, 5) is 28.3. The fourth-order valence-corrected chi connectivity index (χ4v) is 3.18. The van der Waals surface area contributed by atoms with Gasteiger partial charge in [0, 0.05) is 18.0 Å². The Morgan fingerprint density at radius 3 is 2.52 bits per heavy atom. The SMILES string of the molecule is CC(=O)N/C(=C\c1ccccc1)C(=O)OCc1csc(Nc2ccc(C)cc2)n1. The largest absolute Gasteiger partial charge is 0.454 e. The molecule has 6 nitrogen and oxygen atoms in total. The summed E-state index contributed by atoms with van der Waals surface area (Å²) in [6.07, 6.45) is 1.58. The molecule has 0 bridgehead atoms. The average molecular weight is 407 g/mol. The highest BCUT2D eigenvalue weighted by Gasteiger charge is 2.14. The monoisotopic (exact) mass is 407 g/mol. The molecule has 1 aromatic heterocycles. The molecule has 0 fully saturated rings. The van der Waals surface area contributed by atoms with Gasteiger partial charge in [-0.1, -0.05) is 48.0 Å². The zero-order chi connectivity index (χ0) is 20.6. The average Bonchev–Trinajstić information content (AvgIpc) is 3.15. The number of nitrogens with one attached hydrogen (secondary N) is 2. The number of rotatable bonds is 7. The molecule has 7 heteroatoms. The number of esters is 1. The lowest BCUT2D eigenvalue weighted by atomic mass is 10.2. The number of anilines is 2. The zero-order valence-corrected chi connectivity index (χ0v) is 17.0. The van der Waals surface area contributed by atoms with Gasteiger partial charge in [0.25, 0.3) is 0 Å². The Kier molecular flexibility index (Phi) is 6.76. The Morgan fingerprint density at radius 2 is 1.83 bits per heavy atom. The number of ether oxygens (including phenoxy) is 1. The number of carbonyl (C=O) groups is 2. The Bertz CT molecular complexity index is 1010. The molecular formula is C22H21N3O3S. The third-order valence-corrected chi connectivity index (χ3v) is 4.65. The van der Waals surface area contributed by atoms with Crippen molar-refractivity contribution in [3.63, 3.8) is 0 Å². The highest BCUT2D eigenvalue weighted by Crippen LogP contribution is 2.21. The van der Waals surface area contributed by atoms with Crippen molar-refractivity contribution in [3.8, 4) is 0 Å². The molecule has 0 aliphatic carbocycles. The van der Waals surface area contributed by atoms with Crippen LogP contribution < -0.4 is 10.6 Å². The van der Waals surface area contributed by atoms with Gasteiger partial charge in [-0.3, -0.25) is 4.79 Å². The summed E-state index contributed by atoms with van der Waals surface area (Å²) in [6.45, 7) is 3.38. The number of nitrogens with zero attached hydrogens (tertiary/aromatic N) is 1. The van der Waals surface area contributed by atoms with Gasteiger partial charge in [0.05, 0.1) is 5.69 Å². The van der Waals surface area contributed by atoms with Crippen LogP contribution in [0.3, 0.4) is 0 Å². The topological polar surface area (TPSA) is 80.3 Å². The maximum Gasteiger partial charge on any atom is 0.355 e. The summed E-state index contributed by atoms with van der Waals surface area (Å²) in [7, 11) is 0. The molecule has 0 unspecified atom stereocenters. The third kappa shape index (κ3) is 6.29. The first-order valence-corrected chi connectivity index (χ1v) is 9.87. The molecule has 1 heterocycles. The summed E-state index contributed by atoms with van der Waals surface area (Å²) in [6, 6.07) is 17.2. The van der Waals surface area contributed by atoms with Gasteiger partial charge in [-0.15, -0.1) is 11.3 Å². The molecule has 148 valence electrons. The summed E-state index contributed by atoms with van der Waals surface area (Å²) >= 11 is 1.42. The smallest absolute Gasteiger partial charge is 0.355 e. The summed E-state index contributed by atoms with van der Waals surface area (Å²) < 4.78 is 5.34. The molecule has 2 aromatic carbocycles. The molecule has 29 heavy (non-hydrogen) atoms. The standard InChI is InChI=1S/C22H21N3O3S/c1-15-8-10-18(11-9-15)24-22-25-19(14-29-22)13-28-21(27)20(23-16(2)26)12-17-6-4-3-5-7-17/h3-12,14H,13H2,1-2H3,(H,23,26)(H,24,25)/b20-12-. The molecule has 3 rings (SSSR count). The van der Waals surface area contributed by atoms with E-state index in [0.717, 1.165) is 11.3 Å². The number of hydrogen-bond acceptors (Lipinski definition) is 6. The van der Waals surface area contributed by atoms with E-state index >= 15 is 0 Å². The van der Waals surface area contributed by atoms with E-state index in [2.05, 4.69) is 15.6 Å². The Labute approximate surface area is 173 Å². The van der Waals surface area contributed by atoms with E-state index in [1.54, 1.807) is 6.08 Å². The molecule has 2 N–H and O–H groups in total. The fourth-order valence-electron chi connectivity index (χ4n) is 2.46. The van der Waals surface area contributed by atoms with Crippen LogP contribution in [0.5, 0.6) is 0 Å². The second-order valence-corrected chi connectivity index (χ2v) is 7.22. The van der Waals surface area contributed by atoms with E-state index in [-0.39, 0.29) is 18.2 Å². The number of benzene rings is 2. The molecule has 3 aromatic rings. The van der Waals surface area contributed by atoms with Crippen molar-refractivity contribution in [2.75, 3.05) is 5.32 Å². The first kappa shape index (κ1) is 20.3. The summed E-state index contributed by atoms with van der Waals surface area (Å²) in [5.41, 5.74) is 3.61. The number of amides is 1. The second kappa shape index (κ2) is 9.66. The molecule has 0 saturated carbocycles. The van der Waals surface area contributed by atoms with Crippen molar-refractivity contribution < 1.29 is 14.3 Å². The first-order valence-electron chi connectivity index (χ1n) is 8.99. The van der Waals surface area contributed by atoms with Crippen LogP contribution in [0.1, 0.15) is 23.7 Å². The van der Waals surface area contributed by atoms with Crippen molar-refractivity contribution in [1.29, 1.82) is 0 Å². The van der Waals surface area contributed by atoms with Gasteiger partial charge in [-0.25, -0.2) is 9.78 Å². The fraction of sp³-hybridized carbons (Fsp3) is 0.136. The lowest BCUT2D eigenvalue weighted by Crippen LogP contribution is -2.26. The normalized spacial score (nSPS) is 11.0. The molecule has 0 radical (unpaired) electrons. The molecular weight excluding hydrogens is 386 g/mol. The number of aromatic nitrogens is 1. The second-order valence-electron chi connectivity index (χ2n) is 6.36. The molecule has 1 amide bonds. The van der Waals surface area contributed by atoms with Gasteiger partial charge in [0.1, 0.15) is 12.3 Å². The minimum absolute atomic E-state index is 0.0105. The van der Waals surface area contributed by atoms with E-state index in [1.807, 2.05) is 66.9 Å². The Hall–Kier alpha value is -3.45. The summed E-state index contributed by atoms with van der Waals surface area (Å²) in [5.74, 6) is -0.965. The van der Waals surface area contributed by atoms with E-state index in [9.17, 15) is 9.59 Å². The summed E-state index contributed by atoms with van der Waals surface area (Å²) in [5, 5.41) is 8.28. The minimum atomic E-state index is -0.620. The number of hydrogen-bond donors (Lipinski definition) is 2. The predicted octanol–water partition coefficient (Wildman–Crippen LogP) is 4.42. The third-order valence-electron chi connectivity index (χ3n) is 3.85. The van der Waals surface area contributed by atoms with E-state index in [1.165, 1.54) is 23.8 Å². The van der Waals surface area contributed by atoms with Gasteiger partial charge in [0.15, 0.2) is 5.13 Å². The van der Waals surface area contributed by atoms with Crippen LogP contribution in [-0.4, -0.2) is 16.9 Å². The van der Waals surface area contributed by atoms with Crippen LogP contribution >= 0.6 is 11.3 Å². The van der Waals surface area contributed by atoms with Crippen LogP contribution in [-0.2, 0) is 20.9 Å². The van der Waals surface area contributed by atoms with Crippen LogP contribution in [0.2, 0.25) is 0 Å². The lowest BCUT2D eigenvalue weighted by molar-refractivity contribution is -0.141. The van der Waals surface area contributed by atoms with Gasteiger partial charge in [0.2, 0.25) is 5.91 Å². The molecule has 0 atom stereocenters. The molecule has 0 aliphatic rings. The lowest BCUT2D eigenvalue weighted by Gasteiger charge is -2.08. The van der Waals surface area contributed by atoms with Gasteiger partial charge < -0.3 is 15.4 Å². The highest BCUT2D eigenvalue weighted by molar-refractivity contribution is 7.13. The molecule has 0 aliphatic heterocycles. The number of thiazole rings is 1. The first-order chi connectivity index (χ1) is 14.0. The Balaban J connectivity index is 1.62. The zero-order valence-electron chi connectivity index (χ0n) is 16.1. The maximum atomic E-state index is 12.4. The van der Waals surface area contributed by atoms with Crippen LogP contribution in [0.25, 0.3) is 6.08 Å². The van der Waals surface area contributed by atoms with Gasteiger partial charge >= 0.3 is 5.97 Å². The van der Waals surface area contributed by atoms with Crippen molar-refractivity contribution in [2.45, 2.75) is 20.5 Å². The van der Waals surface area contributed by atoms with E-state index in [0.29, 0.717) is 10.8 Å².